The van der Waals surface area contributed by atoms with E-state index in [1.165, 1.54) is 13.0 Å². The molecular formula is C9H5ClF3IO2. The molecule has 1 rings (SSSR count). The van der Waals surface area contributed by atoms with E-state index in [0.29, 0.717) is 0 Å². The number of ketones is 1. The van der Waals surface area contributed by atoms with Crippen LogP contribution in [-0.2, 0) is 0 Å². The van der Waals surface area contributed by atoms with Crippen LogP contribution in [0.2, 0.25) is 5.02 Å². The first-order valence-electron chi connectivity index (χ1n) is 3.96. The third-order valence-electron chi connectivity index (χ3n) is 1.63. The minimum absolute atomic E-state index is 0.0487. The molecule has 0 heterocycles. The second kappa shape index (κ2) is 4.79. The summed E-state index contributed by atoms with van der Waals surface area (Å²) in [6, 6.07) is 2.32. The lowest BCUT2D eigenvalue weighted by molar-refractivity contribution is -0.274. The maximum absolute atomic E-state index is 12.0. The van der Waals surface area contributed by atoms with Crippen molar-refractivity contribution >= 4 is 40.0 Å². The molecule has 0 radical (unpaired) electrons. The van der Waals surface area contributed by atoms with Crippen molar-refractivity contribution in [2.45, 2.75) is 13.3 Å². The standard InChI is InChI=1S/C9H5ClF3IO2/c1-4(15)5-2-6(10)8(14)7(3-5)16-9(11,12)13/h2-3H,1H3. The van der Waals surface area contributed by atoms with Crippen molar-refractivity contribution < 1.29 is 22.7 Å². The summed E-state index contributed by atoms with van der Waals surface area (Å²) in [7, 11) is 0. The van der Waals surface area contributed by atoms with E-state index in [-0.39, 0.29) is 19.9 Å². The topological polar surface area (TPSA) is 26.3 Å². The highest BCUT2D eigenvalue weighted by Crippen LogP contribution is 2.33. The van der Waals surface area contributed by atoms with E-state index in [0.717, 1.165) is 6.07 Å². The second-order valence-corrected chi connectivity index (χ2v) is 4.36. The predicted molar refractivity (Wildman–Crippen MR) is 60.9 cm³/mol. The molecule has 88 valence electrons. The number of hydrogen-bond donors (Lipinski definition) is 0. The molecule has 0 fully saturated rings. The smallest absolute Gasteiger partial charge is 0.405 e. The van der Waals surface area contributed by atoms with Crippen LogP contribution >= 0.6 is 34.2 Å². The largest absolute Gasteiger partial charge is 0.573 e. The van der Waals surface area contributed by atoms with E-state index >= 15 is 0 Å². The van der Waals surface area contributed by atoms with Crippen LogP contribution in [0.4, 0.5) is 13.2 Å². The zero-order valence-electron chi connectivity index (χ0n) is 7.86. The Balaban J connectivity index is 3.22. The zero-order valence-corrected chi connectivity index (χ0v) is 10.8. The first kappa shape index (κ1) is 13.6. The van der Waals surface area contributed by atoms with Gasteiger partial charge in [-0.25, -0.2) is 0 Å². The van der Waals surface area contributed by atoms with Gasteiger partial charge in [0.2, 0.25) is 0 Å². The van der Waals surface area contributed by atoms with Crippen molar-refractivity contribution in [3.05, 3.63) is 26.3 Å². The molecule has 0 aliphatic carbocycles. The summed E-state index contributed by atoms with van der Waals surface area (Å²) in [5.74, 6) is -0.851. The Kier molecular flexibility index (Phi) is 4.06. The number of ether oxygens (including phenoxy) is 1. The van der Waals surface area contributed by atoms with Gasteiger partial charge in [-0.3, -0.25) is 4.79 Å². The molecule has 2 nitrogen and oxygen atoms in total. The van der Waals surface area contributed by atoms with Crippen molar-refractivity contribution in [1.29, 1.82) is 0 Å². The molecule has 0 aromatic heterocycles. The normalized spacial score (nSPS) is 11.4. The summed E-state index contributed by atoms with van der Waals surface area (Å²) >= 11 is 7.30. The first-order valence-corrected chi connectivity index (χ1v) is 5.42. The summed E-state index contributed by atoms with van der Waals surface area (Å²) in [6.07, 6.45) is -4.81. The van der Waals surface area contributed by atoms with Gasteiger partial charge in [0.25, 0.3) is 0 Å². The van der Waals surface area contributed by atoms with Gasteiger partial charge in [-0.15, -0.1) is 13.2 Å². The highest BCUT2D eigenvalue weighted by molar-refractivity contribution is 14.1. The average Bonchev–Trinajstić information content (AvgIpc) is 2.10. The second-order valence-electron chi connectivity index (χ2n) is 2.87. The van der Waals surface area contributed by atoms with Gasteiger partial charge in [-0.2, -0.15) is 0 Å². The van der Waals surface area contributed by atoms with Gasteiger partial charge in [0.1, 0.15) is 5.75 Å². The summed E-state index contributed by atoms with van der Waals surface area (Å²) < 4.78 is 40.0. The Morgan fingerprint density at radius 1 is 1.44 bits per heavy atom. The van der Waals surface area contributed by atoms with E-state index in [2.05, 4.69) is 4.74 Å². The molecular weight excluding hydrogens is 359 g/mol. The van der Waals surface area contributed by atoms with Crippen LogP contribution in [-0.4, -0.2) is 12.1 Å². The SMILES string of the molecule is CC(=O)c1cc(Cl)c(I)c(OC(F)(F)F)c1. The van der Waals surface area contributed by atoms with Crippen LogP contribution in [0.1, 0.15) is 17.3 Å². The molecule has 7 heteroatoms. The maximum Gasteiger partial charge on any atom is 0.573 e. The van der Waals surface area contributed by atoms with Crippen LogP contribution in [0.5, 0.6) is 5.75 Å². The Hall–Kier alpha value is -0.500. The van der Waals surface area contributed by atoms with Crippen LogP contribution < -0.4 is 4.74 Å². The highest BCUT2D eigenvalue weighted by atomic mass is 127. The van der Waals surface area contributed by atoms with E-state index < -0.39 is 12.1 Å². The quantitative estimate of drug-likeness (QED) is 0.585. The van der Waals surface area contributed by atoms with Gasteiger partial charge in [0, 0.05) is 5.56 Å². The summed E-state index contributed by atoms with van der Waals surface area (Å²) in [5.41, 5.74) is 0.0738. The lowest BCUT2D eigenvalue weighted by Crippen LogP contribution is -2.18. The van der Waals surface area contributed by atoms with Gasteiger partial charge in [0.05, 0.1) is 8.59 Å². The molecule has 0 spiro atoms. The molecule has 0 aliphatic rings. The van der Waals surface area contributed by atoms with Crippen LogP contribution in [0.15, 0.2) is 12.1 Å². The number of carbonyl (C=O) groups is 1. The number of carbonyl (C=O) groups excluding carboxylic acids is 1. The van der Waals surface area contributed by atoms with E-state index in [1.807, 2.05) is 0 Å². The lowest BCUT2D eigenvalue weighted by Gasteiger charge is -2.12. The Morgan fingerprint density at radius 2 is 2.00 bits per heavy atom. The number of halogens is 5. The summed E-state index contributed by atoms with van der Waals surface area (Å²) in [5, 5.41) is 0.0487. The van der Waals surface area contributed by atoms with Crippen molar-refractivity contribution in [3.8, 4) is 5.75 Å². The molecule has 0 saturated heterocycles. The van der Waals surface area contributed by atoms with Crippen molar-refractivity contribution in [2.75, 3.05) is 0 Å². The number of rotatable bonds is 2. The van der Waals surface area contributed by atoms with Crippen molar-refractivity contribution in [2.24, 2.45) is 0 Å². The van der Waals surface area contributed by atoms with E-state index in [1.54, 1.807) is 22.6 Å². The molecule has 0 amide bonds. The van der Waals surface area contributed by atoms with Crippen LogP contribution in [0, 0.1) is 3.57 Å². The molecule has 1 aromatic carbocycles. The Morgan fingerprint density at radius 3 is 2.44 bits per heavy atom. The Bertz CT molecular complexity index is 431. The minimum atomic E-state index is -4.81. The van der Waals surface area contributed by atoms with E-state index in [9.17, 15) is 18.0 Å². The molecule has 0 bridgehead atoms. The number of hydrogen-bond acceptors (Lipinski definition) is 2. The Labute approximate surface area is 108 Å². The van der Waals surface area contributed by atoms with Gasteiger partial charge in [0.15, 0.2) is 5.78 Å². The van der Waals surface area contributed by atoms with Crippen LogP contribution in [0.25, 0.3) is 0 Å². The average molecular weight is 364 g/mol. The lowest BCUT2D eigenvalue weighted by atomic mass is 10.1. The maximum atomic E-state index is 12.0. The fraction of sp³-hybridized carbons (Fsp3) is 0.222. The van der Waals surface area contributed by atoms with Crippen molar-refractivity contribution in [1.82, 2.24) is 0 Å². The zero-order chi connectivity index (χ0) is 12.5. The fourth-order valence-corrected chi connectivity index (χ4v) is 1.60. The molecule has 0 N–H and O–H groups in total. The number of alkyl halides is 3. The fourth-order valence-electron chi connectivity index (χ4n) is 0.966. The minimum Gasteiger partial charge on any atom is -0.405 e. The summed E-state index contributed by atoms with van der Waals surface area (Å²) in [4.78, 5) is 11.0. The number of benzene rings is 1. The van der Waals surface area contributed by atoms with Gasteiger partial charge in [-0.1, -0.05) is 11.6 Å². The van der Waals surface area contributed by atoms with E-state index in [4.69, 9.17) is 11.6 Å². The number of Topliss-reactive ketones (excluding diaryl/α,β-unsaturated/α-hetero) is 1. The molecule has 1 aromatic rings. The third-order valence-corrected chi connectivity index (χ3v) is 3.36. The highest BCUT2D eigenvalue weighted by Gasteiger charge is 2.32. The molecule has 16 heavy (non-hydrogen) atoms. The summed E-state index contributed by atoms with van der Waals surface area (Å²) in [6.45, 7) is 1.23. The molecule has 0 unspecified atom stereocenters. The van der Waals surface area contributed by atoms with Gasteiger partial charge in [-0.05, 0) is 41.6 Å². The van der Waals surface area contributed by atoms with Gasteiger partial charge < -0.3 is 4.74 Å². The first-order chi connectivity index (χ1) is 7.20. The monoisotopic (exact) mass is 364 g/mol. The van der Waals surface area contributed by atoms with Crippen molar-refractivity contribution in [3.63, 3.8) is 0 Å². The van der Waals surface area contributed by atoms with Gasteiger partial charge >= 0.3 is 6.36 Å². The molecule has 0 atom stereocenters. The van der Waals surface area contributed by atoms with Crippen LogP contribution in [0.3, 0.4) is 0 Å². The predicted octanol–water partition coefficient (Wildman–Crippen LogP) is 4.05. The molecule has 0 saturated carbocycles. The third kappa shape index (κ3) is 3.51. The molecule has 0 aliphatic heterocycles.